The lowest BCUT2D eigenvalue weighted by Crippen LogP contribution is -2.57. The van der Waals surface area contributed by atoms with Gasteiger partial charge in [0.05, 0.1) is 6.04 Å². The normalized spacial score (nSPS) is 13.9. The number of hydrogen-bond donors (Lipinski definition) is 9. The third-order valence-corrected chi connectivity index (χ3v) is 5.16. The van der Waals surface area contributed by atoms with E-state index in [1.807, 2.05) is 0 Å². The number of aliphatic carboxylic acids is 3. The van der Waals surface area contributed by atoms with E-state index in [1.54, 1.807) is 0 Å². The average molecular weight is 533 g/mol. The average Bonchev–Trinajstić information content (AvgIpc) is 2.81. The van der Waals surface area contributed by atoms with Crippen molar-refractivity contribution in [2.45, 2.75) is 82.0 Å². The largest absolute Gasteiger partial charge is 0.481 e. The van der Waals surface area contributed by atoms with E-state index in [0.29, 0.717) is 19.4 Å². The molecule has 0 aliphatic rings. The summed E-state index contributed by atoms with van der Waals surface area (Å²) in [5.41, 5.74) is 16.2. The highest BCUT2D eigenvalue weighted by atomic mass is 16.4. The summed E-state index contributed by atoms with van der Waals surface area (Å²) < 4.78 is 0. The van der Waals surface area contributed by atoms with Crippen LogP contribution in [-0.4, -0.2) is 87.6 Å². The molecule has 0 radical (unpaired) electrons. The van der Waals surface area contributed by atoms with Crippen LogP contribution in [0.3, 0.4) is 0 Å². The number of carboxylic acid groups (broad SMARTS) is 3. The summed E-state index contributed by atoms with van der Waals surface area (Å²) in [7, 11) is 0. The maximum Gasteiger partial charge on any atom is 0.326 e. The molecule has 0 aromatic heterocycles. The Morgan fingerprint density at radius 3 is 1.54 bits per heavy atom. The number of primary amides is 1. The van der Waals surface area contributed by atoms with Crippen molar-refractivity contribution in [1.82, 2.24) is 16.0 Å². The van der Waals surface area contributed by atoms with Crippen molar-refractivity contribution in [2.24, 2.45) is 17.2 Å². The third kappa shape index (κ3) is 15.0. The van der Waals surface area contributed by atoms with Gasteiger partial charge in [0.25, 0.3) is 0 Å². The summed E-state index contributed by atoms with van der Waals surface area (Å²) in [5.74, 6) is -7.44. The summed E-state index contributed by atoms with van der Waals surface area (Å²) in [6.07, 6.45) is -1.24. The Morgan fingerprint density at radius 1 is 0.622 bits per heavy atom. The van der Waals surface area contributed by atoms with E-state index in [9.17, 15) is 38.7 Å². The van der Waals surface area contributed by atoms with Gasteiger partial charge in [0.2, 0.25) is 23.6 Å². The van der Waals surface area contributed by atoms with Crippen molar-refractivity contribution in [3.8, 4) is 0 Å². The van der Waals surface area contributed by atoms with Crippen LogP contribution in [0.1, 0.15) is 57.8 Å². The Balaban J connectivity index is 5.58. The minimum Gasteiger partial charge on any atom is -0.481 e. The molecule has 0 aromatic rings. The number of unbranched alkanes of at least 4 members (excludes halogenated alkanes) is 1. The Kier molecular flexibility index (Phi) is 15.8. The minimum atomic E-state index is -1.60. The molecule has 0 aliphatic heterocycles. The molecule has 16 nitrogen and oxygen atoms in total. The molecule has 4 atom stereocenters. The molecule has 0 rings (SSSR count). The van der Waals surface area contributed by atoms with Crippen molar-refractivity contribution in [2.75, 3.05) is 6.54 Å². The molecule has 37 heavy (non-hydrogen) atoms. The smallest absolute Gasteiger partial charge is 0.326 e. The van der Waals surface area contributed by atoms with Gasteiger partial charge in [0, 0.05) is 19.3 Å². The van der Waals surface area contributed by atoms with Crippen molar-refractivity contribution in [3.63, 3.8) is 0 Å². The first-order valence-electron chi connectivity index (χ1n) is 11.6. The standard InChI is InChI=1S/C21H36N6O10/c22-10-2-1-3-12(25-18(33)11(23)4-7-15(24)28)19(34)26-13(5-8-16(29)30)20(35)27-14(21(36)37)6-9-17(31)32/h11-14H,1-10,22-23H2,(H2,24,28)(H,25,33)(H,26,34)(H,27,35)(H,29,30)(H,31,32)(H,36,37). The molecule has 0 aliphatic carbocycles. The van der Waals surface area contributed by atoms with E-state index in [1.165, 1.54) is 0 Å². The minimum absolute atomic E-state index is 0.0745. The molecule has 0 saturated heterocycles. The fourth-order valence-corrected chi connectivity index (χ4v) is 3.08. The van der Waals surface area contributed by atoms with Crippen molar-refractivity contribution >= 4 is 41.5 Å². The van der Waals surface area contributed by atoms with Crippen molar-refractivity contribution < 1.29 is 48.9 Å². The van der Waals surface area contributed by atoms with E-state index in [2.05, 4.69) is 16.0 Å². The molecule has 210 valence electrons. The van der Waals surface area contributed by atoms with Gasteiger partial charge in [-0.2, -0.15) is 0 Å². The highest BCUT2D eigenvalue weighted by Gasteiger charge is 2.30. The van der Waals surface area contributed by atoms with Gasteiger partial charge in [0.1, 0.15) is 18.1 Å². The van der Waals surface area contributed by atoms with Gasteiger partial charge >= 0.3 is 17.9 Å². The Hall–Kier alpha value is -3.79. The predicted octanol–water partition coefficient (Wildman–Crippen LogP) is -3.02. The number of carboxylic acids is 3. The van der Waals surface area contributed by atoms with E-state index < -0.39 is 91.4 Å². The maximum atomic E-state index is 13.0. The summed E-state index contributed by atoms with van der Waals surface area (Å²) in [6.45, 7) is 0.303. The zero-order valence-electron chi connectivity index (χ0n) is 20.3. The fraction of sp³-hybridized carbons (Fsp3) is 0.667. The number of hydrogen-bond acceptors (Lipinski definition) is 9. The number of amides is 4. The van der Waals surface area contributed by atoms with E-state index in [-0.39, 0.29) is 19.3 Å². The lowest BCUT2D eigenvalue weighted by atomic mass is 10.0. The Morgan fingerprint density at radius 2 is 1.08 bits per heavy atom. The first kappa shape index (κ1) is 33.2. The molecule has 0 saturated carbocycles. The second-order valence-corrected chi connectivity index (χ2v) is 8.28. The number of carbonyl (C=O) groups is 7. The molecule has 0 spiro atoms. The van der Waals surface area contributed by atoms with Crippen LogP contribution in [0.5, 0.6) is 0 Å². The van der Waals surface area contributed by atoms with E-state index >= 15 is 0 Å². The summed E-state index contributed by atoms with van der Waals surface area (Å²) in [4.78, 5) is 82.2. The molecule has 0 aromatic carbocycles. The SMILES string of the molecule is NCCCCC(NC(=O)C(N)CCC(N)=O)C(=O)NC(CCC(=O)O)C(=O)NC(CCC(=O)O)C(=O)O. The predicted molar refractivity (Wildman–Crippen MR) is 126 cm³/mol. The zero-order valence-corrected chi connectivity index (χ0v) is 20.3. The van der Waals surface area contributed by atoms with Gasteiger partial charge in [-0.25, -0.2) is 4.79 Å². The molecular formula is C21H36N6O10. The van der Waals surface area contributed by atoms with E-state index in [4.69, 9.17) is 27.4 Å². The van der Waals surface area contributed by atoms with Crippen LogP contribution in [0, 0.1) is 0 Å². The lowest BCUT2D eigenvalue weighted by molar-refractivity contribution is -0.144. The third-order valence-electron chi connectivity index (χ3n) is 5.16. The Labute approximate surface area is 212 Å². The summed E-state index contributed by atoms with van der Waals surface area (Å²) >= 11 is 0. The van der Waals surface area contributed by atoms with Crippen LogP contribution in [0.25, 0.3) is 0 Å². The van der Waals surface area contributed by atoms with Crippen molar-refractivity contribution in [1.29, 1.82) is 0 Å². The second kappa shape index (κ2) is 17.6. The first-order chi connectivity index (χ1) is 17.3. The van der Waals surface area contributed by atoms with Crippen LogP contribution in [0.15, 0.2) is 0 Å². The van der Waals surface area contributed by atoms with Gasteiger partial charge < -0.3 is 48.5 Å². The number of carbonyl (C=O) groups excluding carboxylic acids is 4. The van der Waals surface area contributed by atoms with Gasteiger partial charge in [-0.15, -0.1) is 0 Å². The topological polar surface area (TPSA) is 294 Å². The number of nitrogens with two attached hydrogens (primary N) is 3. The van der Waals surface area contributed by atoms with Crippen LogP contribution in [0.4, 0.5) is 0 Å². The molecule has 16 heteroatoms. The Bertz CT molecular complexity index is 837. The van der Waals surface area contributed by atoms with E-state index in [0.717, 1.165) is 0 Å². The van der Waals surface area contributed by atoms with Gasteiger partial charge in [-0.1, -0.05) is 0 Å². The molecular weight excluding hydrogens is 496 g/mol. The fourth-order valence-electron chi connectivity index (χ4n) is 3.08. The molecule has 4 unspecified atom stereocenters. The van der Waals surface area contributed by atoms with Crippen LogP contribution >= 0.6 is 0 Å². The van der Waals surface area contributed by atoms with Gasteiger partial charge in [-0.05, 0) is 45.1 Å². The highest BCUT2D eigenvalue weighted by molar-refractivity contribution is 5.94. The highest BCUT2D eigenvalue weighted by Crippen LogP contribution is 2.07. The molecule has 0 heterocycles. The number of nitrogens with one attached hydrogen (secondary N) is 3. The molecule has 12 N–H and O–H groups in total. The molecule has 4 amide bonds. The first-order valence-corrected chi connectivity index (χ1v) is 11.6. The van der Waals surface area contributed by atoms with Crippen LogP contribution in [0.2, 0.25) is 0 Å². The quantitative estimate of drug-likeness (QED) is 0.0708. The van der Waals surface area contributed by atoms with Gasteiger partial charge in [0.15, 0.2) is 0 Å². The number of rotatable bonds is 20. The van der Waals surface area contributed by atoms with Gasteiger partial charge in [-0.3, -0.25) is 28.8 Å². The van der Waals surface area contributed by atoms with Crippen LogP contribution in [-0.2, 0) is 33.6 Å². The molecule has 0 fully saturated rings. The maximum absolute atomic E-state index is 13.0. The zero-order chi connectivity index (χ0) is 28.5. The monoisotopic (exact) mass is 532 g/mol. The molecule has 0 bridgehead atoms. The second-order valence-electron chi connectivity index (χ2n) is 8.28. The van der Waals surface area contributed by atoms with Crippen LogP contribution < -0.4 is 33.2 Å². The van der Waals surface area contributed by atoms with Crippen molar-refractivity contribution in [3.05, 3.63) is 0 Å². The lowest BCUT2D eigenvalue weighted by Gasteiger charge is -2.25. The summed E-state index contributed by atoms with van der Waals surface area (Å²) in [5, 5.41) is 33.9. The summed E-state index contributed by atoms with van der Waals surface area (Å²) in [6, 6.07) is -5.47.